The van der Waals surface area contributed by atoms with Crippen molar-refractivity contribution in [2.75, 3.05) is 12.8 Å². The first-order valence-corrected chi connectivity index (χ1v) is 3.80. The van der Waals surface area contributed by atoms with Gasteiger partial charge in [0.2, 0.25) is 0 Å². The molecule has 1 rings (SSSR count). The molecule has 1 aliphatic rings. The molecule has 1 nitrogen and oxygen atoms in total. The molecule has 0 saturated carbocycles. The van der Waals surface area contributed by atoms with Crippen molar-refractivity contribution < 1.29 is 4.74 Å². The number of rotatable bonds is 0. The molecule has 1 fully saturated rings. The van der Waals surface area contributed by atoms with Gasteiger partial charge in [-0.2, -0.15) is 0 Å². The molecule has 0 amide bonds. The van der Waals surface area contributed by atoms with Crippen molar-refractivity contribution in [1.82, 2.24) is 0 Å². The van der Waals surface area contributed by atoms with Gasteiger partial charge in [-0.05, 0) is 20.0 Å². The number of ether oxygens (including phenoxy) is 1. The van der Waals surface area contributed by atoms with Gasteiger partial charge in [0.05, 0.1) is 11.9 Å². The summed E-state index contributed by atoms with van der Waals surface area (Å²) in [5.41, 5.74) is 0. The first-order chi connectivity index (χ1) is 3.21. The van der Waals surface area contributed by atoms with E-state index in [1.54, 1.807) is 0 Å². The molecular weight excluding hydrogens is 107 g/mol. The standard InChI is InChI=1S/C5H11OP/c1-5(2)6-3-4-7-5/h7H,3-4H2,1-2H3. The van der Waals surface area contributed by atoms with Crippen LogP contribution in [0.15, 0.2) is 0 Å². The molecule has 0 N–H and O–H groups in total. The molecule has 1 unspecified atom stereocenters. The fourth-order valence-corrected chi connectivity index (χ4v) is 1.72. The Labute approximate surface area is 46.2 Å². The lowest BCUT2D eigenvalue weighted by atomic mass is 10.5. The zero-order valence-corrected chi connectivity index (χ0v) is 5.82. The van der Waals surface area contributed by atoms with E-state index in [0.29, 0.717) is 0 Å². The second kappa shape index (κ2) is 1.72. The van der Waals surface area contributed by atoms with E-state index in [-0.39, 0.29) is 5.34 Å². The normalized spacial score (nSPS) is 31.7. The zero-order chi connectivity index (χ0) is 5.33. The van der Waals surface area contributed by atoms with E-state index >= 15 is 0 Å². The van der Waals surface area contributed by atoms with Crippen molar-refractivity contribution in [1.29, 1.82) is 0 Å². The van der Waals surface area contributed by atoms with E-state index in [1.807, 2.05) is 0 Å². The second-order valence-electron chi connectivity index (χ2n) is 2.29. The minimum Gasteiger partial charge on any atom is -0.371 e. The van der Waals surface area contributed by atoms with Gasteiger partial charge in [0.25, 0.3) is 0 Å². The maximum atomic E-state index is 5.35. The van der Waals surface area contributed by atoms with Crippen LogP contribution in [-0.2, 0) is 4.74 Å². The highest BCUT2D eigenvalue weighted by Crippen LogP contribution is 2.37. The number of hydrogen-bond donors (Lipinski definition) is 0. The summed E-state index contributed by atoms with van der Waals surface area (Å²) in [6.45, 7) is 5.28. The predicted octanol–water partition coefficient (Wildman–Crippen LogP) is 1.43. The molecule has 1 atom stereocenters. The molecule has 0 aromatic heterocycles. The molecule has 1 aliphatic heterocycles. The Morgan fingerprint density at radius 3 is 2.43 bits per heavy atom. The summed E-state index contributed by atoms with van der Waals surface area (Å²) in [6, 6.07) is 0. The lowest BCUT2D eigenvalue weighted by Gasteiger charge is -2.14. The Hall–Kier alpha value is 0.390. The smallest absolute Gasteiger partial charge is 0.0786 e. The van der Waals surface area contributed by atoms with Gasteiger partial charge in [0, 0.05) is 0 Å². The van der Waals surface area contributed by atoms with E-state index in [4.69, 9.17) is 4.74 Å². The van der Waals surface area contributed by atoms with Gasteiger partial charge in [0.1, 0.15) is 0 Å². The van der Waals surface area contributed by atoms with Crippen LogP contribution in [0.4, 0.5) is 0 Å². The van der Waals surface area contributed by atoms with Crippen molar-refractivity contribution in [3.05, 3.63) is 0 Å². The van der Waals surface area contributed by atoms with E-state index in [9.17, 15) is 0 Å². The second-order valence-corrected chi connectivity index (χ2v) is 4.34. The molecule has 0 aliphatic carbocycles. The summed E-state index contributed by atoms with van der Waals surface area (Å²) < 4.78 is 5.35. The van der Waals surface area contributed by atoms with Crippen LogP contribution in [0.2, 0.25) is 0 Å². The van der Waals surface area contributed by atoms with Crippen molar-refractivity contribution >= 4 is 8.58 Å². The van der Waals surface area contributed by atoms with Crippen LogP contribution in [0.3, 0.4) is 0 Å². The van der Waals surface area contributed by atoms with Crippen molar-refractivity contribution in [3.8, 4) is 0 Å². The molecule has 1 heterocycles. The van der Waals surface area contributed by atoms with E-state index in [2.05, 4.69) is 13.8 Å². The quantitative estimate of drug-likeness (QED) is 0.437. The summed E-state index contributed by atoms with van der Waals surface area (Å²) >= 11 is 0. The Bertz CT molecular complexity index is 62.5. The fraction of sp³-hybridized carbons (Fsp3) is 1.00. The highest BCUT2D eigenvalue weighted by atomic mass is 31.1. The van der Waals surface area contributed by atoms with Gasteiger partial charge < -0.3 is 4.74 Å². The average molecular weight is 118 g/mol. The lowest BCUT2D eigenvalue weighted by Crippen LogP contribution is -2.10. The summed E-state index contributed by atoms with van der Waals surface area (Å²) in [5, 5.41) is 0.222. The Balaban J connectivity index is 2.40. The zero-order valence-electron chi connectivity index (χ0n) is 4.82. The topological polar surface area (TPSA) is 9.23 Å². The third kappa shape index (κ3) is 1.40. The van der Waals surface area contributed by atoms with Gasteiger partial charge in [-0.3, -0.25) is 0 Å². The molecule has 0 radical (unpaired) electrons. The SMILES string of the molecule is CC1(C)OCCP1. The van der Waals surface area contributed by atoms with Gasteiger partial charge >= 0.3 is 0 Å². The van der Waals surface area contributed by atoms with Gasteiger partial charge in [-0.15, -0.1) is 0 Å². The largest absolute Gasteiger partial charge is 0.371 e. The molecule has 0 aromatic carbocycles. The van der Waals surface area contributed by atoms with Crippen molar-refractivity contribution in [2.45, 2.75) is 19.2 Å². The number of hydrogen-bond acceptors (Lipinski definition) is 1. The highest BCUT2D eigenvalue weighted by Gasteiger charge is 2.22. The minimum atomic E-state index is 0.222. The third-order valence-electron chi connectivity index (χ3n) is 1.12. The maximum absolute atomic E-state index is 5.35. The van der Waals surface area contributed by atoms with Crippen LogP contribution >= 0.6 is 8.58 Å². The summed E-state index contributed by atoms with van der Waals surface area (Å²) in [6.07, 6.45) is 1.27. The Kier molecular flexibility index (Phi) is 1.36. The van der Waals surface area contributed by atoms with Gasteiger partial charge in [0.15, 0.2) is 0 Å². The first-order valence-electron chi connectivity index (χ1n) is 2.60. The molecule has 0 aromatic rings. The van der Waals surface area contributed by atoms with Crippen LogP contribution in [0, 0.1) is 0 Å². The van der Waals surface area contributed by atoms with Crippen LogP contribution < -0.4 is 0 Å². The predicted molar refractivity (Wildman–Crippen MR) is 33.2 cm³/mol. The fourth-order valence-electron chi connectivity index (χ4n) is 0.709. The minimum absolute atomic E-state index is 0.222. The molecule has 7 heavy (non-hydrogen) atoms. The first kappa shape index (κ1) is 5.53. The molecular formula is C5H11OP. The summed E-state index contributed by atoms with van der Waals surface area (Å²) in [4.78, 5) is 0. The van der Waals surface area contributed by atoms with Crippen LogP contribution in [0.25, 0.3) is 0 Å². The van der Waals surface area contributed by atoms with E-state index in [1.165, 1.54) is 6.16 Å². The lowest BCUT2D eigenvalue weighted by molar-refractivity contribution is 0.0791. The molecule has 1 saturated heterocycles. The van der Waals surface area contributed by atoms with Crippen molar-refractivity contribution in [2.24, 2.45) is 0 Å². The van der Waals surface area contributed by atoms with Gasteiger partial charge in [-0.25, -0.2) is 0 Å². The summed E-state index contributed by atoms with van der Waals surface area (Å²) in [5.74, 6) is 0. The molecule has 0 bridgehead atoms. The Morgan fingerprint density at radius 1 is 1.57 bits per heavy atom. The Morgan fingerprint density at radius 2 is 2.29 bits per heavy atom. The molecule has 2 heteroatoms. The van der Waals surface area contributed by atoms with Crippen molar-refractivity contribution in [3.63, 3.8) is 0 Å². The van der Waals surface area contributed by atoms with Crippen LogP contribution in [0.5, 0.6) is 0 Å². The third-order valence-corrected chi connectivity index (χ3v) is 2.57. The van der Waals surface area contributed by atoms with Gasteiger partial charge in [-0.1, -0.05) is 8.58 Å². The molecule has 42 valence electrons. The summed E-state index contributed by atoms with van der Waals surface area (Å²) in [7, 11) is 1.01. The van der Waals surface area contributed by atoms with Crippen LogP contribution in [0.1, 0.15) is 13.8 Å². The maximum Gasteiger partial charge on any atom is 0.0786 e. The average Bonchev–Trinajstić information content (AvgIpc) is 1.84. The van der Waals surface area contributed by atoms with E-state index in [0.717, 1.165) is 15.2 Å². The monoisotopic (exact) mass is 118 g/mol. The van der Waals surface area contributed by atoms with Crippen LogP contribution in [-0.4, -0.2) is 18.1 Å². The van der Waals surface area contributed by atoms with E-state index < -0.39 is 0 Å². The highest BCUT2D eigenvalue weighted by molar-refractivity contribution is 7.40. The molecule has 0 spiro atoms.